The first-order valence-corrected chi connectivity index (χ1v) is 11.3. The fourth-order valence-corrected chi connectivity index (χ4v) is 4.67. The van der Waals surface area contributed by atoms with E-state index in [-0.39, 0.29) is 36.2 Å². The van der Waals surface area contributed by atoms with Crippen molar-refractivity contribution in [2.24, 2.45) is 5.92 Å². The Morgan fingerprint density at radius 2 is 1.79 bits per heavy atom. The summed E-state index contributed by atoms with van der Waals surface area (Å²) in [5.41, 5.74) is 2.05. The molecule has 0 spiro atoms. The molecule has 0 radical (unpaired) electrons. The lowest BCUT2D eigenvalue weighted by atomic mass is 9.88. The van der Waals surface area contributed by atoms with Crippen molar-refractivity contribution in [2.45, 2.75) is 32.4 Å². The van der Waals surface area contributed by atoms with Crippen LogP contribution in [0.1, 0.15) is 30.9 Å². The van der Waals surface area contributed by atoms with Crippen molar-refractivity contribution in [3.05, 3.63) is 59.4 Å². The van der Waals surface area contributed by atoms with Gasteiger partial charge in [-0.2, -0.15) is 0 Å². The molecule has 33 heavy (non-hydrogen) atoms. The fourth-order valence-electron chi connectivity index (χ4n) is 4.67. The van der Waals surface area contributed by atoms with E-state index in [0.29, 0.717) is 13.1 Å². The van der Waals surface area contributed by atoms with Crippen molar-refractivity contribution in [3.63, 3.8) is 0 Å². The van der Waals surface area contributed by atoms with Gasteiger partial charge >= 0.3 is 0 Å². The smallest absolute Gasteiger partial charge is 0.248 e. The Morgan fingerprint density at radius 1 is 1.09 bits per heavy atom. The summed E-state index contributed by atoms with van der Waals surface area (Å²) in [7, 11) is 4.82. The van der Waals surface area contributed by atoms with Gasteiger partial charge in [-0.3, -0.25) is 9.69 Å². The second-order valence-electron chi connectivity index (χ2n) is 8.91. The average molecular weight is 459 g/mol. The summed E-state index contributed by atoms with van der Waals surface area (Å²) in [5.74, 6) is 1.52. The number of amides is 1. The molecule has 180 valence electrons. The second kappa shape index (κ2) is 11.5. The van der Waals surface area contributed by atoms with Crippen LogP contribution in [-0.2, 0) is 16.1 Å². The first kappa shape index (κ1) is 25.0. The largest absolute Gasteiger partial charge is 0.497 e. The number of ether oxygens (including phenoxy) is 3. The van der Waals surface area contributed by atoms with Crippen LogP contribution >= 0.6 is 0 Å². The predicted octanol–water partition coefficient (Wildman–Crippen LogP) is 3.94. The van der Waals surface area contributed by atoms with Gasteiger partial charge in [-0.25, -0.2) is 4.39 Å². The Bertz CT molecular complexity index is 914. The van der Waals surface area contributed by atoms with Gasteiger partial charge in [-0.05, 0) is 55.2 Å². The highest BCUT2D eigenvalue weighted by Gasteiger charge is 2.36. The van der Waals surface area contributed by atoms with E-state index < -0.39 is 0 Å². The van der Waals surface area contributed by atoms with Crippen LogP contribution in [0.5, 0.6) is 11.5 Å². The number of rotatable bonds is 10. The van der Waals surface area contributed by atoms with E-state index in [2.05, 4.69) is 4.90 Å². The predicted molar refractivity (Wildman–Crippen MR) is 126 cm³/mol. The van der Waals surface area contributed by atoms with Crippen molar-refractivity contribution >= 4 is 5.91 Å². The van der Waals surface area contributed by atoms with Crippen LogP contribution in [-0.4, -0.2) is 69.3 Å². The monoisotopic (exact) mass is 458 g/mol. The number of hydrogen-bond donors (Lipinski definition) is 0. The SMILES string of the molecule is COCC(=O)N(C[C@@H]1CN(Cc2cc(OC)cc(OC)c2)C[C@@H]1c1cccc(F)c1)C(C)C. The molecule has 1 amide bonds. The van der Waals surface area contributed by atoms with E-state index >= 15 is 0 Å². The molecule has 3 rings (SSSR count). The zero-order valence-corrected chi connectivity index (χ0v) is 20.2. The summed E-state index contributed by atoms with van der Waals surface area (Å²) in [6, 6.07) is 12.8. The summed E-state index contributed by atoms with van der Waals surface area (Å²) in [5, 5.41) is 0. The van der Waals surface area contributed by atoms with E-state index in [1.54, 1.807) is 26.4 Å². The zero-order chi connectivity index (χ0) is 24.0. The Balaban J connectivity index is 1.85. The third-order valence-corrected chi connectivity index (χ3v) is 6.25. The van der Waals surface area contributed by atoms with E-state index in [0.717, 1.165) is 35.7 Å². The molecule has 0 unspecified atom stereocenters. The van der Waals surface area contributed by atoms with Crippen LogP contribution in [0.4, 0.5) is 4.39 Å². The van der Waals surface area contributed by atoms with Crippen molar-refractivity contribution in [2.75, 3.05) is 47.6 Å². The summed E-state index contributed by atoms with van der Waals surface area (Å²) in [4.78, 5) is 16.9. The first-order valence-electron chi connectivity index (χ1n) is 11.3. The molecule has 1 heterocycles. The summed E-state index contributed by atoms with van der Waals surface area (Å²) in [6.07, 6.45) is 0. The zero-order valence-electron chi connectivity index (χ0n) is 20.2. The van der Waals surface area contributed by atoms with Crippen LogP contribution in [0.25, 0.3) is 0 Å². The quantitative estimate of drug-likeness (QED) is 0.540. The molecule has 0 N–H and O–H groups in total. The van der Waals surface area contributed by atoms with Crippen molar-refractivity contribution < 1.29 is 23.4 Å². The van der Waals surface area contributed by atoms with E-state index in [1.807, 2.05) is 43.0 Å². The average Bonchev–Trinajstić information content (AvgIpc) is 3.19. The van der Waals surface area contributed by atoms with Crippen LogP contribution in [0.3, 0.4) is 0 Å². The molecule has 7 heteroatoms. The van der Waals surface area contributed by atoms with Crippen molar-refractivity contribution in [1.29, 1.82) is 0 Å². The minimum atomic E-state index is -0.238. The summed E-state index contributed by atoms with van der Waals surface area (Å²) >= 11 is 0. The number of methoxy groups -OCH3 is 3. The Hall–Kier alpha value is -2.64. The minimum absolute atomic E-state index is 0.0264. The number of halogens is 1. The molecule has 0 aromatic heterocycles. The molecule has 0 saturated carbocycles. The minimum Gasteiger partial charge on any atom is -0.497 e. The van der Waals surface area contributed by atoms with E-state index in [9.17, 15) is 9.18 Å². The van der Waals surface area contributed by atoms with Gasteiger partial charge in [0.1, 0.15) is 23.9 Å². The highest BCUT2D eigenvalue weighted by atomic mass is 19.1. The van der Waals surface area contributed by atoms with Crippen molar-refractivity contribution in [3.8, 4) is 11.5 Å². The van der Waals surface area contributed by atoms with Gasteiger partial charge in [-0.1, -0.05) is 12.1 Å². The third kappa shape index (κ3) is 6.45. The van der Waals surface area contributed by atoms with Gasteiger partial charge in [0.15, 0.2) is 0 Å². The molecular formula is C26H35FN2O4. The molecule has 1 saturated heterocycles. The molecule has 1 aliphatic rings. The van der Waals surface area contributed by atoms with Crippen molar-refractivity contribution in [1.82, 2.24) is 9.80 Å². The number of likely N-dealkylation sites (tertiary alicyclic amines) is 1. The Kier molecular flexibility index (Phi) is 8.69. The Labute approximate surface area is 196 Å². The maximum Gasteiger partial charge on any atom is 0.248 e. The molecule has 1 fully saturated rings. The maximum atomic E-state index is 14.1. The highest BCUT2D eigenvalue weighted by Crippen LogP contribution is 2.35. The summed E-state index contributed by atoms with van der Waals surface area (Å²) < 4.78 is 30.0. The second-order valence-corrected chi connectivity index (χ2v) is 8.91. The molecule has 2 atom stereocenters. The lowest BCUT2D eigenvalue weighted by Crippen LogP contribution is -2.43. The summed E-state index contributed by atoms with van der Waals surface area (Å²) in [6.45, 7) is 6.97. The fraction of sp³-hybridized carbons (Fsp3) is 0.500. The number of carbonyl (C=O) groups is 1. The molecule has 1 aliphatic heterocycles. The van der Waals surface area contributed by atoms with Gasteiger partial charge in [0.05, 0.1) is 14.2 Å². The van der Waals surface area contributed by atoms with E-state index in [1.165, 1.54) is 13.2 Å². The number of nitrogens with zero attached hydrogens (tertiary/aromatic N) is 2. The van der Waals surface area contributed by atoms with Gasteiger partial charge in [-0.15, -0.1) is 0 Å². The van der Waals surface area contributed by atoms with Crippen LogP contribution in [0.15, 0.2) is 42.5 Å². The topological polar surface area (TPSA) is 51.2 Å². The van der Waals surface area contributed by atoms with Crippen LogP contribution in [0.2, 0.25) is 0 Å². The maximum absolute atomic E-state index is 14.1. The molecule has 2 aromatic carbocycles. The molecule has 0 bridgehead atoms. The normalized spacial score (nSPS) is 18.5. The number of hydrogen-bond acceptors (Lipinski definition) is 5. The number of carbonyl (C=O) groups excluding carboxylic acids is 1. The standard InChI is InChI=1S/C26H35FN2O4/c1-18(2)29(26(30)17-31-3)15-21-14-28(16-25(21)20-7-6-8-22(27)11-20)13-19-9-23(32-4)12-24(10-19)33-5/h6-12,18,21,25H,13-17H2,1-5H3/t21-,25+/m0/s1. The first-order chi connectivity index (χ1) is 15.8. The lowest BCUT2D eigenvalue weighted by Gasteiger charge is -2.31. The van der Waals surface area contributed by atoms with Gasteiger partial charge in [0.2, 0.25) is 5.91 Å². The van der Waals surface area contributed by atoms with Crippen LogP contribution < -0.4 is 9.47 Å². The molecular weight excluding hydrogens is 423 g/mol. The van der Waals surface area contributed by atoms with Gasteiger partial charge < -0.3 is 19.1 Å². The lowest BCUT2D eigenvalue weighted by molar-refractivity contribution is -0.137. The third-order valence-electron chi connectivity index (χ3n) is 6.25. The highest BCUT2D eigenvalue weighted by molar-refractivity contribution is 5.77. The Morgan fingerprint density at radius 3 is 2.36 bits per heavy atom. The van der Waals surface area contributed by atoms with Crippen LogP contribution in [0, 0.1) is 11.7 Å². The molecule has 0 aliphatic carbocycles. The molecule has 6 nitrogen and oxygen atoms in total. The van der Waals surface area contributed by atoms with Gasteiger partial charge in [0, 0.05) is 51.3 Å². The van der Waals surface area contributed by atoms with E-state index in [4.69, 9.17) is 14.2 Å². The van der Waals surface area contributed by atoms with Gasteiger partial charge in [0.25, 0.3) is 0 Å². The molecule has 2 aromatic rings. The number of benzene rings is 2.